The van der Waals surface area contributed by atoms with Crippen LogP contribution in [0.3, 0.4) is 0 Å². The molecule has 148 valence electrons. The monoisotopic (exact) mass is 384 g/mol. The molecule has 1 heterocycles. The summed E-state index contributed by atoms with van der Waals surface area (Å²) in [7, 11) is 0. The van der Waals surface area contributed by atoms with Gasteiger partial charge in [0.05, 0.1) is 6.54 Å². The number of rotatable bonds is 7. The molecule has 0 aliphatic heterocycles. The lowest BCUT2D eigenvalue weighted by molar-refractivity contribution is -0.125. The summed E-state index contributed by atoms with van der Waals surface area (Å²) >= 11 is 0. The van der Waals surface area contributed by atoms with Crippen LogP contribution in [-0.2, 0) is 20.9 Å². The number of carbonyl (C=O) groups excluding carboxylic acids is 3. The van der Waals surface area contributed by atoms with Gasteiger partial charge in [-0.1, -0.05) is 30.3 Å². The standard InChI is InChI=1S/C20H24N4O4/c1-13-9-14(2)22-17(10-13)24-18(25)11-21-19(26)15(3)23-20(27)28-12-16-7-5-4-6-8-16/h4-10,15H,11-12H2,1-3H3,(H,21,26)(H,23,27)(H,22,24,25)/t15-/m0/s1. The molecule has 0 saturated heterocycles. The first-order valence-electron chi connectivity index (χ1n) is 8.83. The molecular formula is C20H24N4O4. The minimum atomic E-state index is -0.851. The van der Waals surface area contributed by atoms with Crippen molar-refractivity contribution < 1.29 is 19.1 Å². The van der Waals surface area contributed by atoms with Crippen LogP contribution in [0, 0.1) is 13.8 Å². The van der Waals surface area contributed by atoms with Gasteiger partial charge in [-0.15, -0.1) is 0 Å². The number of carbonyl (C=O) groups is 3. The fraction of sp³-hybridized carbons (Fsp3) is 0.300. The number of hydrogen-bond donors (Lipinski definition) is 3. The number of amides is 3. The highest BCUT2D eigenvalue weighted by molar-refractivity contribution is 5.95. The SMILES string of the molecule is Cc1cc(C)nc(NC(=O)CNC(=O)[C@H](C)NC(=O)OCc2ccccc2)c1. The molecule has 8 nitrogen and oxygen atoms in total. The van der Waals surface area contributed by atoms with E-state index in [9.17, 15) is 14.4 Å². The Morgan fingerprint density at radius 2 is 1.82 bits per heavy atom. The zero-order valence-corrected chi connectivity index (χ0v) is 16.1. The van der Waals surface area contributed by atoms with E-state index in [1.165, 1.54) is 6.92 Å². The van der Waals surface area contributed by atoms with Gasteiger partial charge in [-0.25, -0.2) is 9.78 Å². The van der Waals surface area contributed by atoms with Crippen molar-refractivity contribution in [3.63, 3.8) is 0 Å². The van der Waals surface area contributed by atoms with Crippen LogP contribution in [0.5, 0.6) is 0 Å². The highest BCUT2D eigenvalue weighted by atomic mass is 16.5. The summed E-state index contributed by atoms with van der Waals surface area (Å²) in [5, 5.41) is 7.50. The van der Waals surface area contributed by atoms with Crippen LogP contribution in [0.1, 0.15) is 23.7 Å². The molecule has 2 rings (SSSR count). The van der Waals surface area contributed by atoms with Gasteiger partial charge in [0.2, 0.25) is 11.8 Å². The van der Waals surface area contributed by atoms with E-state index in [4.69, 9.17) is 4.74 Å². The van der Waals surface area contributed by atoms with E-state index in [1.54, 1.807) is 6.07 Å². The van der Waals surface area contributed by atoms with Gasteiger partial charge in [0.15, 0.2) is 0 Å². The van der Waals surface area contributed by atoms with Crippen molar-refractivity contribution in [1.29, 1.82) is 0 Å². The van der Waals surface area contributed by atoms with Crippen LogP contribution in [-0.4, -0.2) is 35.5 Å². The largest absolute Gasteiger partial charge is 0.445 e. The molecule has 2 aromatic rings. The zero-order valence-electron chi connectivity index (χ0n) is 16.1. The van der Waals surface area contributed by atoms with Crippen molar-refractivity contribution in [3.05, 3.63) is 59.3 Å². The number of aromatic nitrogens is 1. The quantitative estimate of drug-likeness (QED) is 0.677. The number of alkyl carbamates (subject to hydrolysis) is 1. The van der Waals surface area contributed by atoms with Crippen molar-refractivity contribution in [1.82, 2.24) is 15.6 Å². The van der Waals surface area contributed by atoms with E-state index < -0.39 is 23.9 Å². The lowest BCUT2D eigenvalue weighted by Gasteiger charge is -2.14. The van der Waals surface area contributed by atoms with E-state index in [1.807, 2.05) is 50.2 Å². The van der Waals surface area contributed by atoms with Gasteiger partial charge in [-0.05, 0) is 44.0 Å². The van der Waals surface area contributed by atoms with Gasteiger partial charge in [-0.3, -0.25) is 9.59 Å². The predicted molar refractivity (Wildman–Crippen MR) is 105 cm³/mol. The third-order valence-corrected chi connectivity index (χ3v) is 3.73. The average molecular weight is 384 g/mol. The summed E-state index contributed by atoms with van der Waals surface area (Å²) in [5.41, 5.74) is 2.59. The first-order chi connectivity index (χ1) is 13.3. The topological polar surface area (TPSA) is 109 Å². The van der Waals surface area contributed by atoms with E-state index >= 15 is 0 Å². The molecule has 1 atom stereocenters. The Morgan fingerprint density at radius 3 is 2.50 bits per heavy atom. The second-order valence-corrected chi connectivity index (χ2v) is 6.36. The van der Waals surface area contributed by atoms with Gasteiger partial charge in [0.25, 0.3) is 0 Å². The third kappa shape index (κ3) is 7.06. The van der Waals surface area contributed by atoms with Crippen molar-refractivity contribution >= 4 is 23.7 Å². The molecule has 1 aromatic carbocycles. The molecule has 0 spiro atoms. The van der Waals surface area contributed by atoms with Crippen LogP contribution in [0.15, 0.2) is 42.5 Å². The minimum Gasteiger partial charge on any atom is -0.445 e. The third-order valence-electron chi connectivity index (χ3n) is 3.73. The maximum absolute atomic E-state index is 12.0. The minimum absolute atomic E-state index is 0.103. The number of pyridine rings is 1. The Kier molecular flexibility index (Phi) is 7.50. The molecule has 0 fully saturated rings. The Hall–Kier alpha value is -3.42. The van der Waals surface area contributed by atoms with Crippen LogP contribution in [0.2, 0.25) is 0 Å². The van der Waals surface area contributed by atoms with Crippen molar-refractivity contribution in [3.8, 4) is 0 Å². The highest BCUT2D eigenvalue weighted by Crippen LogP contribution is 2.08. The van der Waals surface area contributed by atoms with Gasteiger partial charge in [0.1, 0.15) is 18.5 Å². The summed E-state index contributed by atoms with van der Waals surface area (Å²) in [4.78, 5) is 40.0. The van der Waals surface area contributed by atoms with E-state index in [2.05, 4.69) is 20.9 Å². The van der Waals surface area contributed by atoms with Crippen molar-refractivity contribution in [2.45, 2.75) is 33.4 Å². The van der Waals surface area contributed by atoms with E-state index in [0.29, 0.717) is 5.82 Å². The number of hydrogen-bond acceptors (Lipinski definition) is 5. The zero-order chi connectivity index (χ0) is 20.5. The van der Waals surface area contributed by atoms with Gasteiger partial charge >= 0.3 is 6.09 Å². The molecule has 28 heavy (non-hydrogen) atoms. The number of aryl methyl sites for hydroxylation is 2. The van der Waals surface area contributed by atoms with E-state index in [-0.39, 0.29) is 13.2 Å². The lowest BCUT2D eigenvalue weighted by Crippen LogP contribution is -2.46. The fourth-order valence-electron chi connectivity index (χ4n) is 2.42. The smallest absolute Gasteiger partial charge is 0.408 e. The van der Waals surface area contributed by atoms with Gasteiger partial charge < -0.3 is 20.7 Å². The molecule has 1 aromatic heterocycles. The number of anilines is 1. The molecule has 3 N–H and O–H groups in total. The maximum Gasteiger partial charge on any atom is 0.408 e. The molecule has 0 radical (unpaired) electrons. The lowest BCUT2D eigenvalue weighted by atomic mass is 10.2. The molecule has 0 unspecified atom stereocenters. The number of ether oxygens (including phenoxy) is 1. The summed E-state index contributed by atoms with van der Waals surface area (Å²) < 4.78 is 5.06. The molecule has 0 aliphatic carbocycles. The molecule has 0 bridgehead atoms. The van der Waals surface area contributed by atoms with Gasteiger partial charge in [-0.2, -0.15) is 0 Å². The van der Waals surface area contributed by atoms with Crippen LogP contribution in [0.4, 0.5) is 10.6 Å². The van der Waals surface area contributed by atoms with Crippen molar-refractivity contribution in [2.75, 3.05) is 11.9 Å². The summed E-state index contributed by atoms with van der Waals surface area (Å²) in [6, 6.07) is 12.0. The fourth-order valence-corrected chi connectivity index (χ4v) is 2.42. The molecule has 0 aliphatic rings. The first-order valence-corrected chi connectivity index (χ1v) is 8.83. The van der Waals surface area contributed by atoms with Gasteiger partial charge in [0, 0.05) is 5.69 Å². The van der Waals surface area contributed by atoms with Crippen LogP contribution >= 0.6 is 0 Å². The average Bonchev–Trinajstić information content (AvgIpc) is 2.64. The van der Waals surface area contributed by atoms with Crippen LogP contribution < -0.4 is 16.0 Å². The summed E-state index contributed by atoms with van der Waals surface area (Å²) in [6.45, 7) is 5.10. The van der Waals surface area contributed by atoms with E-state index in [0.717, 1.165) is 16.8 Å². The second kappa shape index (κ2) is 10.1. The Morgan fingerprint density at radius 1 is 1.11 bits per heavy atom. The van der Waals surface area contributed by atoms with Crippen molar-refractivity contribution in [2.24, 2.45) is 0 Å². The normalized spacial score (nSPS) is 11.2. The highest BCUT2D eigenvalue weighted by Gasteiger charge is 2.17. The molecule has 8 heteroatoms. The first kappa shape index (κ1) is 20.9. The Balaban J connectivity index is 1.72. The Bertz CT molecular complexity index is 819. The predicted octanol–water partition coefficient (Wildman–Crippen LogP) is 2.07. The summed E-state index contributed by atoms with van der Waals surface area (Å²) in [6.07, 6.45) is -0.713. The molecular weight excluding hydrogens is 360 g/mol. The maximum atomic E-state index is 12.0. The number of benzene rings is 1. The Labute approximate surface area is 163 Å². The number of nitrogens with one attached hydrogen (secondary N) is 3. The summed E-state index contributed by atoms with van der Waals surface area (Å²) in [5.74, 6) is -0.489. The molecule has 0 saturated carbocycles. The number of nitrogens with zero attached hydrogens (tertiary/aromatic N) is 1. The second-order valence-electron chi connectivity index (χ2n) is 6.36. The molecule has 3 amide bonds. The van der Waals surface area contributed by atoms with Crippen LogP contribution in [0.25, 0.3) is 0 Å².